The van der Waals surface area contributed by atoms with Gasteiger partial charge in [-0.05, 0) is 62.7 Å². The van der Waals surface area contributed by atoms with E-state index in [1.807, 2.05) is 24.3 Å². The minimum atomic E-state index is -0.359. The Bertz CT molecular complexity index is 920. The normalized spacial score (nSPS) is 10.9. The summed E-state index contributed by atoms with van der Waals surface area (Å²) in [5, 5.41) is 2.84. The van der Waals surface area contributed by atoms with Crippen LogP contribution in [0.3, 0.4) is 0 Å². The van der Waals surface area contributed by atoms with Crippen LogP contribution in [-0.4, -0.2) is 28.0 Å². The molecule has 0 aliphatic carbocycles. The van der Waals surface area contributed by atoms with Crippen molar-refractivity contribution in [3.05, 3.63) is 78.1 Å². The highest BCUT2D eigenvalue weighted by Crippen LogP contribution is 2.18. The van der Waals surface area contributed by atoms with E-state index in [-0.39, 0.29) is 18.3 Å². The molecule has 0 aliphatic rings. The van der Waals surface area contributed by atoms with Crippen LogP contribution in [0.25, 0.3) is 5.69 Å². The van der Waals surface area contributed by atoms with E-state index < -0.39 is 0 Å². The predicted octanol–water partition coefficient (Wildman–Crippen LogP) is 4.18. The summed E-state index contributed by atoms with van der Waals surface area (Å²) >= 11 is 0. The van der Waals surface area contributed by atoms with Crippen molar-refractivity contribution < 1.29 is 9.18 Å². The zero-order chi connectivity index (χ0) is 20.1. The van der Waals surface area contributed by atoms with Gasteiger partial charge in [-0.2, -0.15) is 0 Å². The summed E-state index contributed by atoms with van der Waals surface area (Å²) in [6, 6.07) is 12.8. The van der Waals surface area contributed by atoms with E-state index in [0.717, 1.165) is 12.2 Å². The predicted molar refractivity (Wildman–Crippen MR) is 109 cm³/mol. The Labute approximate surface area is 164 Å². The maximum Gasteiger partial charge on any atom is 0.251 e. The van der Waals surface area contributed by atoms with Crippen molar-refractivity contribution in [1.82, 2.24) is 14.9 Å². The van der Waals surface area contributed by atoms with Crippen molar-refractivity contribution >= 4 is 11.6 Å². The standard InChI is InChI=1S/C22H25FN4O/c1-4-27(16(2)3)19-8-6-18(7-9-19)22(28)25-14-17-5-10-21(20(23)13-17)26-12-11-24-15-26/h5-13,15-16H,4,14H2,1-3H3,(H,25,28). The van der Waals surface area contributed by atoms with E-state index >= 15 is 0 Å². The highest BCUT2D eigenvalue weighted by Gasteiger charge is 2.11. The van der Waals surface area contributed by atoms with Gasteiger partial charge in [0.25, 0.3) is 5.91 Å². The van der Waals surface area contributed by atoms with Crippen molar-refractivity contribution in [3.63, 3.8) is 0 Å². The van der Waals surface area contributed by atoms with Gasteiger partial charge in [0.05, 0.1) is 12.0 Å². The molecule has 1 aromatic heterocycles. The molecule has 6 heteroatoms. The molecule has 0 saturated heterocycles. The lowest BCUT2D eigenvalue weighted by Crippen LogP contribution is -2.30. The average Bonchev–Trinajstić information content (AvgIpc) is 3.21. The van der Waals surface area contributed by atoms with Crippen LogP contribution >= 0.6 is 0 Å². The Hall–Kier alpha value is -3.15. The summed E-state index contributed by atoms with van der Waals surface area (Å²) in [5.74, 6) is -0.541. The van der Waals surface area contributed by atoms with Crippen LogP contribution in [0.2, 0.25) is 0 Å². The van der Waals surface area contributed by atoms with E-state index in [0.29, 0.717) is 22.9 Å². The molecule has 0 bridgehead atoms. The third-order valence-corrected chi connectivity index (χ3v) is 4.67. The van der Waals surface area contributed by atoms with Crippen molar-refractivity contribution in [2.24, 2.45) is 0 Å². The number of nitrogens with one attached hydrogen (secondary N) is 1. The number of carbonyl (C=O) groups is 1. The van der Waals surface area contributed by atoms with E-state index in [2.05, 4.69) is 36.0 Å². The second kappa shape index (κ2) is 8.69. The fourth-order valence-corrected chi connectivity index (χ4v) is 3.21. The smallest absolute Gasteiger partial charge is 0.251 e. The Morgan fingerprint density at radius 3 is 2.54 bits per heavy atom. The summed E-state index contributed by atoms with van der Waals surface area (Å²) in [5.41, 5.74) is 2.79. The number of hydrogen-bond acceptors (Lipinski definition) is 3. The van der Waals surface area contributed by atoms with Crippen molar-refractivity contribution in [1.29, 1.82) is 0 Å². The Balaban J connectivity index is 1.63. The molecule has 0 radical (unpaired) electrons. The molecular formula is C22H25FN4O. The van der Waals surface area contributed by atoms with Crippen LogP contribution in [0, 0.1) is 5.82 Å². The molecule has 0 atom stereocenters. The molecule has 1 amide bonds. The SMILES string of the molecule is CCN(c1ccc(C(=O)NCc2ccc(-n3ccnc3)c(F)c2)cc1)C(C)C. The molecule has 3 rings (SSSR count). The second-order valence-electron chi connectivity index (χ2n) is 6.87. The summed E-state index contributed by atoms with van der Waals surface area (Å²) in [6.07, 6.45) is 4.82. The van der Waals surface area contributed by atoms with Gasteiger partial charge in [-0.3, -0.25) is 4.79 Å². The number of aromatic nitrogens is 2. The molecule has 3 aromatic rings. The maximum absolute atomic E-state index is 14.3. The number of carbonyl (C=O) groups excluding carboxylic acids is 1. The third-order valence-electron chi connectivity index (χ3n) is 4.67. The molecule has 146 valence electrons. The van der Waals surface area contributed by atoms with Crippen LogP contribution in [0.1, 0.15) is 36.7 Å². The van der Waals surface area contributed by atoms with Gasteiger partial charge < -0.3 is 14.8 Å². The van der Waals surface area contributed by atoms with Crippen molar-refractivity contribution in [2.45, 2.75) is 33.4 Å². The molecule has 5 nitrogen and oxygen atoms in total. The van der Waals surface area contributed by atoms with Crippen LogP contribution in [0.4, 0.5) is 10.1 Å². The first-order valence-corrected chi connectivity index (χ1v) is 9.41. The first kappa shape index (κ1) is 19.6. The molecule has 0 saturated carbocycles. The zero-order valence-electron chi connectivity index (χ0n) is 16.4. The number of halogens is 1. The number of hydrogen-bond donors (Lipinski definition) is 1. The third kappa shape index (κ3) is 4.39. The molecule has 1 heterocycles. The lowest BCUT2D eigenvalue weighted by atomic mass is 10.1. The number of rotatable bonds is 7. The number of anilines is 1. The quantitative estimate of drug-likeness (QED) is 0.669. The topological polar surface area (TPSA) is 50.2 Å². The monoisotopic (exact) mass is 380 g/mol. The lowest BCUT2D eigenvalue weighted by Gasteiger charge is -2.27. The van der Waals surface area contributed by atoms with Crippen LogP contribution < -0.4 is 10.2 Å². The van der Waals surface area contributed by atoms with Crippen LogP contribution in [0.15, 0.2) is 61.2 Å². The second-order valence-corrected chi connectivity index (χ2v) is 6.87. The van der Waals surface area contributed by atoms with Gasteiger partial charge >= 0.3 is 0 Å². The molecule has 2 aromatic carbocycles. The van der Waals surface area contributed by atoms with Gasteiger partial charge in [0.15, 0.2) is 0 Å². The highest BCUT2D eigenvalue weighted by atomic mass is 19.1. The largest absolute Gasteiger partial charge is 0.369 e. The first-order chi connectivity index (χ1) is 13.5. The molecule has 0 fully saturated rings. The number of imidazole rings is 1. The summed E-state index contributed by atoms with van der Waals surface area (Å²) in [6.45, 7) is 7.55. The summed E-state index contributed by atoms with van der Waals surface area (Å²) in [7, 11) is 0. The van der Waals surface area contributed by atoms with Crippen molar-refractivity contribution in [3.8, 4) is 5.69 Å². The van der Waals surface area contributed by atoms with Gasteiger partial charge in [-0.15, -0.1) is 0 Å². The molecule has 0 unspecified atom stereocenters. The van der Waals surface area contributed by atoms with Gasteiger partial charge in [0, 0.05) is 42.8 Å². The van der Waals surface area contributed by atoms with Gasteiger partial charge in [0.2, 0.25) is 0 Å². The van der Waals surface area contributed by atoms with E-state index in [9.17, 15) is 9.18 Å². The molecule has 1 N–H and O–H groups in total. The lowest BCUT2D eigenvalue weighted by molar-refractivity contribution is 0.0951. The van der Waals surface area contributed by atoms with E-state index in [1.165, 1.54) is 6.07 Å². The molecule has 28 heavy (non-hydrogen) atoms. The molecule has 0 aliphatic heterocycles. The van der Waals surface area contributed by atoms with E-state index in [1.54, 1.807) is 35.4 Å². The van der Waals surface area contributed by atoms with E-state index in [4.69, 9.17) is 0 Å². The van der Waals surface area contributed by atoms with Gasteiger partial charge in [0.1, 0.15) is 5.82 Å². The number of amides is 1. The van der Waals surface area contributed by atoms with Crippen LogP contribution in [0.5, 0.6) is 0 Å². The molecular weight excluding hydrogens is 355 g/mol. The van der Waals surface area contributed by atoms with Crippen molar-refractivity contribution in [2.75, 3.05) is 11.4 Å². The highest BCUT2D eigenvalue weighted by molar-refractivity contribution is 5.94. The fourth-order valence-electron chi connectivity index (χ4n) is 3.21. The Morgan fingerprint density at radius 1 is 1.21 bits per heavy atom. The minimum Gasteiger partial charge on any atom is -0.369 e. The first-order valence-electron chi connectivity index (χ1n) is 9.41. The summed E-state index contributed by atoms with van der Waals surface area (Å²) < 4.78 is 15.9. The minimum absolute atomic E-state index is 0.182. The molecule has 0 spiro atoms. The maximum atomic E-state index is 14.3. The Morgan fingerprint density at radius 2 is 1.96 bits per heavy atom. The van der Waals surface area contributed by atoms with Gasteiger partial charge in [-0.25, -0.2) is 9.37 Å². The van der Waals surface area contributed by atoms with Crippen LogP contribution in [-0.2, 0) is 6.54 Å². The zero-order valence-corrected chi connectivity index (χ0v) is 16.4. The van der Waals surface area contributed by atoms with Gasteiger partial charge in [-0.1, -0.05) is 6.07 Å². The summed E-state index contributed by atoms with van der Waals surface area (Å²) in [4.78, 5) is 18.6. The fraction of sp³-hybridized carbons (Fsp3) is 0.273. The average molecular weight is 380 g/mol. The Kier molecular flexibility index (Phi) is 6.09. The number of benzene rings is 2. The number of nitrogens with zero attached hydrogens (tertiary/aromatic N) is 3.